The van der Waals surface area contributed by atoms with Gasteiger partial charge in [-0.1, -0.05) is 0 Å². The van der Waals surface area contributed by atoms with E-state index in [2.05, 4.69) is 0 Å². The van der Waals surface area contributed by atoms with Crippen LogP contribution in [-0.2, 0) is 22.4 Å². The van der Waals surface area contributed by atoms with E-state index in [1.165, 1.54) is 0 Å². The maximum Gasteiger partial charge on any atom is 0 e. The fourth-order valence-electron chi connectivity index (χ4n) is 0. The molecule has 0 fully saturated rings. The summed E-state index contributed by atoms with van der Waals surface area (Å²) in [4.78, 5) is 8.00. The topological polar surface area (TPSA) is 52.5 Å². The van der Waals surface area contributed by atoms with Gasteiger partial charge in [0.2, 0.25) is 0 Å². The van der Waals surface area contributed by atoms with Gasteiger partial charge in [-0.05, 0) is 0 Å². The molecule has 0 aromatic carbocycles. The molecule has 0 atom stereocenters. The van der Waals surface area contributed by atoms with Gasteiger partial charge >= 0.3 is 0 Å². The molecule has 0 heterocycles. The smallest absolute Gasteiger partial charge is 0 e. The summed E-state index contributed by atoms with van der Waals surface area (Å²) in [6, 6.07) is 0. The van der Waals surface area contributed by atoms with Gasteiger partial charge in [0, 0.05) is 22.4 Å². The molecule has 1 radical (unpaired) electrons. The van der Waals surface area contributed by atoms with Gasteiger partial charge in [-0.2, -0.15) is 0 Å². The molecule has 0 N–H and O–H groups in total. The Bertz CT molecular complexity index is 13.5. The van der Waals surface area contributed by atoms with Crippen molar-refractivity contribution in [2.45, 2.75) is 0 Å². The molecule has 0 rings (SSSR count). The second-order valence-corrected chi connectivity index (χ2v) is 0.0745. The molecule has 0 spiro atoms. The van der Waals surface area contributed by atoms with Crippen LogP contribution in [0.3, 0.4) is 0 Å². The Morgan fingerprint density at radius 2 is 1.75 bits per heavy atom. The van der Waals surface area contributed by atoms with Crippen LogP contribution in [0.25, 0.3) is 0 Å². The summed E-state index contributed by atoms with van der Waals surface area (Å²) in [6.07, 6.45) is 0. The van der Waals surface area contributed by atoms with Crippen LogP contribution in [0.1, 0.15) is 0 Å². The van der Waals surface area contributed by atoms with Gasteiger partial charge < -0.3 is 10.1 Å². The Kier molecular flexibility index (Phi) is 24.7. The van der Waals surface area contributed by atoms with E-state index >= 15 is 0 Å². The van der Waals surface area contributed by atoms with Crippen molar-refractivity contribution in [3.05, 3.63) is 10.1 Å². The van der Waals surface area contributed by atoms with Crippen molar-refractivity contribution in [2.75, 3.05) is 0 Å². The standard InChI is InChI=1S/Ag.HNO2/c;2-1-3/h;(H,2,3)/p-1. The van der Waals surface area contributed by atoms with Crippen molar-refractivity contribution in [2.24, 2.45) is 5.34 Å². The van der Waals surface area contributed by atoms with Crippen LogP contribution < -0.4 is 0 Å². The Hall–Kier alpha value is 0.140. The van der Waals surface area contributed by atoms with Crippen molar-refractivity contribution in [1.29, 1.82) is 0 Å². The predicted molar refractivity (Wildman–Crippen MR) is 9.16 cm³/mol. The van der Waals surface area contributed by atoms with E-state index < -0.39 is 0 Å². The molecule has 0 saturated heterocycles. The molecular weight excluding hydrogens is 154 g/mol. The van der Waals surface area contributed by atoms with E-state index in [9.17, 15) is 0 Å². The Labute approximate surface area is 38.5 Å². The van der Waals surface area contributed by atoms with E-state index in [0.717, 1.165) is 5.34 Å². The number of rotatable bonds is 0. The zero-order chi connectivity index (χ0) is 2.71. The molecule has 0 aromatic rings. The number of hydrogen-bond donors (Lipinski definition) is 0. The van der Waals surface area contributed by atoms with Crippen molar-refractivity contribution >= 4 is 0 Å². The van der Waals surface area contributed by atoms with Gasteiger partial charge in [0.15, 0.2) is 0 Å². The fraction of sp³-hybridized carbons (Fsp3) is 0. The number of nitrogens with zero attached hydrogens (tertiary/aromatic N) is 1. The number of hydrogen-bond acceptors (Lipinski definition) is 3. The zero-order valence-electron chi connectivity index (χ0n) is 1.57. The van der Waals surface area contributed by atoms with Gasteiger partial charge in [-0.25, -0.2) is 0 Å². The van der Waals surface area contributed by atoms with Gasteiger partial charge in [-0.3, -0.25) is 0 Å². The third-order valence-electron chi connectivity index (χ3n) is 0. The Morgan fingerprint density at radius 1 is 1.75 bits per heavy atom. The molecule has 0 aliphatic carbocycles. The molecule has 29 valence electrons. The molecule has 0 saturated carbocycles. The Morgan fingerprint density at radius 3 is 1.75 bits per heavy atom. The largest absolute Gasteiger partial charge is 0.444 e. The third kappa shape index (κ3) is 141. The van der Waals surface area contributed by atoms with E-state index in [-0.39, 0.29) is 22.4 Å². The van der Waals surface area contributed by atoms with Crippen LogP contribution >= 0.6 is 0 Å². The van der Waals surface area contributed by atoms with Gasteiger partial charge in [-0.15, -0.1) is 5.34 Å². The fourth-order valence-corrected chi connectivity index (χ4v) is 0. The molecule has 0 amide bonds. The van der Waals surface area contributed by atoms with Gasteiger partial charge in [0.25, 0.3) is 0 Å². The molecule has 0 bridgehead atoms. The summed E-state index contributed by atoms with van der Waals surface area (Å²) in [6.45, 7) is 0. The predicted octanol–water partition coefficient (Wildman–Crippen LogP) is 0.248. The van der Waals surface area contributed by atoms with E-state index in [4.69, 9.17) is 10.1 Å². The van der Waals surface area contributed by atoms with Crippen molar-refractivity contribution < 1.29 is 22.4 Å². The second-order valence-electron chi connectivity index (χ2n) is 0.0745. The van der Waals surface area contributed by atoms with Crippen LogP contribution in [0, 0.1) is 10.1 Å². The molecule has 0 aliphatic heterocycles. The summed E-state index contributed by atoms with van der Waals surface area (Å²) in [5.74, 6) is 0. The average Bonchev–Trinajstić information content (AvgIpc) is 0.918. The van der Waals surface area contributed by atoms with Crippen LogP contribution in [0.2, 0.25) is 0 Å². The van der Waals surface area contributed by atoms with E-state index in [1.807, 2.05) is 0 Å². The van der Waals surface area contributed by atoms with E-state index in [1.54, 1.807) is 0 Å². The minimum atomic E-state index is 0. The summed E-state index contributed by atoms with van der Waals surface area (Å²) < 4.78 is 0. The van der Waals surface area contributed by atoms with Crippen molar-refractivity contribution in [1.82, 2.24) is 0 Å². The monoisotopic (exact) mass is 153 g/mol. The quantitative estimate of drug-likeness (QED) is 0.285. The van der Waals surface area contributed by atoms with Crippen LogP contribution in [-0.4, -0.2) is 0 Å². The molecule has 0 unspecified atom stereocenters. The summed E-state index contributed by atoms with van der Waals surface area (Å²) in [7, 11) is 0. The van der Waals surface area contributed by atoms with Crippen molar-refractivity contribution in [3.8, 4) is 0 Å². The third-order valence-corrected chi connectivity index (χ3v) is 0. The normalized spacial score (nSPS) is 3.00. The maximum atomic E-state index is 8.00. The second kappa shape index (κ2) is 11.1. The minimum absolute atomic E-state index is 0. The van der Waals surface area contributed by atoms with Gasteiger partial charge in [0.05, 0.1) is 0 Å². The molecule has 4 heavy (non-hydrogen) atoms. The molecule has 3 nitrogen and oxygen atoms in total. The van der Waals surface area contributed by atoms with Crippen LogP contribution in [0.4, 0.5) is 0 Å². The first kappa shape index (κ1) is 8.91. The van der Waals surface area contributed by atoms with Gasteiger partial charge in [0.1, 0.15) is 0 Å². The molecule has 4 heteroatoms. The first-order valence-corrected chi connectivity index (χ1v) is 0.365. The maximum absolute atomic E-state index is 8.00. The van der Waals surface area contributed by atoms with Crippen LogP contribution in [0.15, 0.2) is 5.34 Å². The summed E-state index contributed by atoms with van der Waals surface area (Å²) >= 11 is 0. The first-order valence-electron chi connectivity index (χ1n) is 0.365. The average molecular weight is 154 g/mol. The summed E-state index contributed by atoms with van der Waals surface area (Å²) in [5, 5.41) is 9.00. The zero-order valence-corrected chi connectivity index (χ0v) is 3.05. The Balaban J connectivity index is 0. The van der Waals surface area contributed by atoms with Crippen molar-refractivity contribution in [3.63, 3.8) is 0 Å². The molecule has 0 aromatic heterocycles. The minimum Gasteiger partial charge on any atom is -0.444 e. The molecule has 0 aliphatic rings. The van der Waals surface area contributed by atoms with E-state index in [0.29, 0.717) is 0 Å². The summed E-state index contributed by atoms with van der Waals surface area (Å²) in [5.41, 5.74) is 0. The molecular formula is AgNO2-. The SMILES string of the molecule is O=N[O-].[Ag]. The first-order chi connectivity index (χ1) is 1.41. The van der Waals surface area contributed by atoms with Crippen LogP contribution in [0.5, 0.6) is 0 Å².